The molecule has 3 rings (SSSR count). The standard InChI is InChI=1S/C19H23ClN6O3/c1-23(2)14-8-7-12(20)10-13(14)22-15(27)6-5-9-26-11-21-17-16(26)18(28)25(4)19(29)24(17)3/h7-8,10-11H,5-6,9H2,1-4H3,(H,22,27). The second kappa shape index (κ2) is 8.12. The van der Waals surface area contributed by atoms with E-state index in [1.807, 2.05) is 25.1 Å². The van der Waals surface area contributed by atoms with Crippen molar-refractivity contribution in [2.75, 3.05) is 24.3 Å². The molecule has 10 heteroatoms. The van der Waals surface area contributed by atoms with Crippen molar-refractivity contribution in [3.8, 4) is 0 Å². The minimum Gasteiger partial charge on any atom is -0.376 e. The number of carbonyl (C=O) groups excluding carboxylic acids is 1. The fraction of sp³-hybridized carbons (Fsp3) is 0.368. The highest BCUT2D eigenvalue weighted by Gasteiger charge is 2.15. The highest BCUT2D eigenvalue weighted by atomic mass is 35.5. The van der Waals surface area contributed by atoms with Crippen LogP contribution in [-0.4, -0.2) is 38.7 Å². The minimum absolute atomic E-state index is 0.153. The summed E-state index contributed by atoms with van der Waals surface area (Å²) in [5.41, 5.74) is 1.35. The summed E-state index contributed by atoms with van der Waals surface area (Å²) >= 11 is 6.05. The van der Waals surface area contributed by atoms with Crippen molar-refractivity contribution < 1.29 is 4.79 Å². The molecule has 0 saturated heterocycles. The van der Waals surface area contributed by atoms with Crippen LogP contribution in [0.2, 0.25) is 5.02 Å². The number of hydrogen-bond donors (Lipinski definition) is 1. The van der Waals surface area contributed by atoms with Crippen LogP contribution in [0.15, 0.2) is 34.1 Å². The van der Waals surface area contributed by atoms with Gasteiger partial charge in [-0.1, -0.05) is 11.6 Å². The van der Waals surface area contributed by atoms with Crippen molar-refractivity contribution >= 4 is 40.0 Å². The molecule has 2 heterocycles. The Morgan fingerprint density at radius 1 is 1.21 bits per heavy atom. The number of carbonyl (C=O) groups is 1. The van der Waals surface area contributed by atoms with E-state index in [4.69, 9.17) is 11.6 Å². The molecule has 0 radical (unpaired) electrons. The number of hydrogen-bond acceptors (Lipinski definition) is 5. The van der Waals surface area contributed by atoms with E-state index in [2.05, 4.69) is 10.3 Å². The zero-order valence-electron chi connectivity index (χ0n) is 16.8. The fourth-order valence-corrected chi connectivity index (χ4v) is 3.36. The lowest BCUT2D eigenvalue weighted by molar-refractivity contribution is -0.116. The van der Waals surface area contributed by atoms with E-state index in [1.54, 1.807) is 23.7 Å². The third-order valence-electron chi connectivity index (χ3n) is 4.73. The van der Waals surface area contributed by atoms with Gasteiger partial charge in [0.1, 0.15) is 0 Å². The quantitative estimate of drug-likeness (QED) is 0.655. The predicted octanol–water partition coefficient (Wildman–Crippen LogP) is 1.57. The Morgan fingerprint density at radius 2 is 1.93 bits per heavy atom. The van der Waals surface area contributed by atoms with Gasteiger partial charge < -0.3 is 14.8 Å². The Labute approximate surface area is 172 Å². The molecule has 0 aliphatic heterocycles. The number of benzene rings is 1. The predicted molar refractivity (Wildman–Crippen MR) is 114 cm³/mol. The summed E-state index contributed by atoms with van der Waals surface area (Å²) in [6.45, 7) is 0.424. The number of fused-ring (bicyclic) bond motifs is 1. The monoisotopic (exact) mass is 418 g/mol. The molecule has 9 nitrogen and oxygen atoms in total. The van der Waals surface area contributed by atoms with Crippen LogP contribution in [-0.2, 0) is 25.4 Å². The van der Waals surface area contributed by atoms with Gasteiger partial charge in [-0.05, 0) is 24.6 Å². The largest absolute Gasteiger partial charge is 0.376 e. The Balaban J connectivity index is 1.71. The number of nitrogens with zero attached hydrogens (tertiary/aromatic N) is 5. The third-order valence-corrected chi connectivity index (χ3v) is 4.97. The van der Waals surface area contributed by atoms with Crippen LogP contribution < -0.4 is 21.5 Å². The Kier molecular flexibility index (Phi) is 5.78. The topological polar surface area (TPSA) is 94.2 Å². The molecule has 0 unspecified atom stereocenters. The normalized spacial score (nSPS) is 11.1. The van der Waals surface area contributed by atoms with Gasteiger partial charge in [-0.25, -0.2) is 9.78 Å². The number of halogens is 1. The molecule has 29 heavy (non-hydrogen) atoms. The molecular weight excluding hydrogens is 396 g/mol. The van der Waals surface area contributed by atoms with Gasteiger partial charge in [0.2, 0.25) is 5.91 Å². The van der Waals surface area contributed by atoms with Crippen LogP contribution in [0.5, 0.6) is 0 Å². The van der Waals surface area contributed by atoms with E-state index in [1.165, 1.54) is 17.9 Å². The third kappa shape index (κ3) is 4.04. The number of rotatable bonds is 6. The van der Waals surface area contributed by atoms with E-state index < -0.39 is 11.2 Å². The molecule has 3 aromatic rings. The molecule has 0 atom stereocenters. The van der Waals surface area contributed by atoms with E-state index in [9.17, 15) is 14.4 Å². The van der Waals surface area contributed by atoms with Gasteiger partial charge in [-0.15, -0.1) is 0 Å². The maximum absolute atomic E-state index is 12.4. The molecule has 2 aromatic heterocycles. The van der Waals surface area contributed by atoms with Gasteiger partial charge >= 0.3 is 5.69 Å². The van der Waals surface area contributed by atoms with E-state index in [0.717, 1.165) is 10.3 Å². The average molecular weight is 419 g/mol. The molecule has 1 aromatic carbocycles. The first-order chi connectivity index (χ1) is 13.7. The summed E-state index contributed by atoms with van der Waals surface area (Å²) in [6, 6.07) is 5.32. The average Bonchev–Trinajstić information content (AvgIpc) is 3.08. The fourth-order valence-electron chi connectivity index (χ4n) is 3.19. The molecule has 0 fully saturated rings. The lowest BCUT2D eigenvalue weighted by Gasteiger charge is -2.18. The number of aryl methyl sites for hydroxylation is 2. The zero-order chi connectivity index (χ0) is 21.3. The molecular formula is C19H23ClN6O3. The SMILES string of the molecule is CN(C)c1ccc(Cl)cc1NC(=O)CCCn1cnc2c1c(=O)n(C)c(=O)n2C. The van der Waals surface area contributed by atoms with Crippen molar-refractivity contribution in [1.82, 2.24) is 18.7 Å². The van der Waals surface area contributed by atoms with Crippen LogP contribution in [0, 0.1) is 0 Å². The minimum atomic E-state index is -0.426. The smallest absolute Gasteiger partial charge is 0.332 e. The molecule has 0 bridgehead atoms. The van der Waals surface area contributed by atoms with Crippen molar-refractivity contribution in [3.63, 3.8) is 0 Å². The first kappa shape index (κ1) is 20.7. The van der Waals surface area contributed by atoms with Crippen molar-refractivity contribution in [3.05, 3.63) is 50.4 Å². The molecule has 0 saturated carbocycles. The molecule has 0 aliphatic rings. The Bertz CT molecular complexity index is 1190. The summed E-state index contributed by atoms with van der Waals surface area (Å²) < 4.78 is 4.06. The van der Waals surface area contributed by atoms with Gasteiger partial charge in [-0.2, -0.15) is 0 Å². The van der Waals surface area contributed by atoms with Crippen LogP contribution >= 0.6 is 11.6 Å². The summed E-state index contributed by atoms with van der Waals surface area (Å²) in [7, 11) is 6.78. The van der Waals surface area contributed by atoms with Gasteiger partial charge in [0, 0.05) is 46.2 Å². The highest BCUT2D eigenvalue weighted by molar-refractivity contribution is 6.31. The summed E-state index contributed by atoms with van der Waals surface area (Å²) in [6.07, 6.45) is 2.27. The Hall–Kier alpha value is -3.07. The van der Waals surface area contributed by atoms with E-state index in [-0.39, 0.29) is 12.3 Å². The number of aromatic nitrogens is 4. The molecule has 0 spiro atoms. The van der Waals surface area contributed by atoms with Crippen LogP contribution in [0.3, 0.4) is 0 Å². The second-order valence-electron chi connectivity index (χ2n) is 7.02. The van der Waals surface area contributed by atoms with Gasteiger partial charge in [0.05, 0.1) is 17.7 Å². The molecule has 1 amide bonds. The van der Waals surface area contributed by atoms with Crippen molar-refractivity contribution in [1.29, 1.82) is 0 Å². The summed E-state index contributed by atoms with van der Waals surface area (Å²) in [5, 5.41) is 3.42. The summed E-state index contributed by atoms with van der Waals surface area (Å²) in [5.74, 6) is -0.153. The van der Waals surface area contributed by atoms with Crippen LogP contribution in [0.4, 0.5) is 11.4 Å². The molecule has 1 N–H and O–H groups in total. The summed E-state index contributed by atoms with van der Waals surface area (Å²) in [4.78, 5) is 42.9. The van der Waals surface area contributed by atoms with Crippen molar-refractivity contribution in [2.45, 2.75) is 19.4 Å². The number of anilines is 2. The number of amides is 1. The van der Waals surface area contributed by atoms with Gasteiger partial charge in [0.15, 0.2) is 11.2 Å². The highest BCUT2D eigenvalue weighted by Crippen LogP contribution is 2.28. The lowest BCUT2D eigenvalue weighted by atomic mass is 10.2. The van der Waals surface area contributed by atoms with E-state index in [0.29, 0.717) is 34.8 Å². The van der Waals surface area contributed by atoms with Crippen LogP contribution in [0.1, 0.15) is 12.8 Å². The van der Waals surface area contributed by atoms with Crippen LogP contribution in [0.25, 0.3) is 11.2 Å². The number of imidazole rings is 1. The molecule has 0 aliphatic carbocycles. The first-order valence-corrected chi connectivity index (χ1v) is 9.46. The van der Waals surface area contributed by atoms with Crippen molar-refractivity contribution in [2.24, 2.45) is 14.1 Å². The zero-order valence-corrected chi connectivity index (χ0v) is 17.5. The van der Waals surface area contributed by atoms with Gasteiger partial charge in [0.25, 0.3) is 5.56 Å². The maximum Gasteiger partial charge on any atom is 0.332 e. The lowest BCUT2D eigenvalue weighted by Crippen LogP contribution is -2.37. The maximum atomic E-state index is 12.4. The number of nitrogens with one attached hydrogen (secondary N) is 1. The van der Waals surface area contributed by atoms with Gasteiger partial charge in [-0.3, -0.25) is 18.7 Å². The Morgan fingerprint density at radius 3 is 2.62 bits per heavy atom. The van der Waals surface area contributed by atoms with E-state index >= 15 is 0 Å². The first-order valence-electron chi connectivity index (χ1n) is 9.08. The second-order valence-corrected chi connectivity index (χ2v) is 7.46. The molecule has 154 valence electrons.